The first-order valence-electron chi connectivity index (χ1n) is 9.39. The number of esters is 1. The second-order valence-corrected chi connectivity index (χ2v) is 6.75. The molecule has 0 spiro atoms. The summed E-state index contributed by atoms with van der Waals surface area (Å²) in [6.07, 6.45) is -0.117. The van der Waals surface area contributed by atoms with Crippen LogP contribution in [-0.2, 0) is 20.8 Å². The van der Waals surface area contributed by atoms with Crippen LogP contribution in [0.5, 0.6) is 11.5 Å². The fraction of sp³-hybridized carbons (Fsp3) is 0.429. The summed E-state index contributed by atoms with van der Waals surface area (Å²) in [5.74, 6) is -0.805. The molecule has 0 unspecified atom stereocenters. The number of benzene rings is 1. The Balaban J connectivity index is 2.03. The molecular weight excluding hydrogens is 378 g/mol. The van der Waals surface area contributed by atoms with Crippen LogP contribution in [0.1, 0.15) is 29.4 Å². The van der Waals surface area contributed by atoms with E-state index in [1.165, 1.54) is 20.3 Å². The van der Waals surface area contributed by atoms with Crippen LogP contribution < -0.4 is 10.2 Å². The molecule has 0 amide bonds. The van der Waals surface area contributed by atoms with Gasteiger partial charge in [0.05, 0.1) is 46.3 Å². The standard InChI is InChI=1S/C21H25NO7/c1-26-18-6-4-3-5-15(18)16(12-19(24)27-2)21-20(25)17(23)11-14(29-21)13-22-7-9-28-10-8-22/h3-6,11,16,25H,7-10,12-13H2,1-2H3/t16-/m0/s1. The topological polar surface area (TPSA) is 98.4 Å². The number of para-hydroxylation sites is 1. The van der Waals surface area contributed by atoms with Crippen LogP contribution in [0, 0.1) is 0 Å². The molecule has 29 heavy (non-hydrogen) atoms. The minimum absolute atomic E-state index is 0.0238. The maximum Gasteiger partial charge on any atom is 0.306 e. The second kappa shape index (κ2) is 9.58. The molecule has 0 radical (unpaired) electrons. The first-order chi connectivity index (χ1) is 14.0. The van der Waals surface area contributed by atoms with Gasteiger partial charge in [-0.15, -0.1) is 0 Å². The number of morpholine rings is 1. The number of hydrogen-bond acceptors (Lipinski definition) is 8. The van der Waals surface area contributed by atoms with E-state index in [4.69, 9.17) is 18.6 Å². The highest BCUT2D eigenvalue weighted by atomic mass is 16.5. The molecule has 1 aliphatic heterocycles. The molecule has 156 valence electrons. The summed E-state index contributed by atoms with van der Waals surface area (Å²) in [6, 6.07) is 8.37. The van der Waals surface area contributed by atoms with E-state index in [2.05, 4.69) is 4.90 Å². The third-order valence-electron chi connectivity index (χ3n) is 4.91. The number of carbonyl (C=O) groups is 1. The SMILES string of the molecule is COC(=O)C[C@@H](c1ccccc1OC)c1oc(CN2CCOCC2)cc(=O)c1O. The Morgan fingerprint density at radius 2 is 1.97 bits per heavy atom. The van der Waals surface area contributed by atoms with Crippen molar-refractivity contribution in [1.29, 1.82) is 0 Å². The molecule has 1 saturated heterocycles. The summed E-state index contributed by atoms with van der Waals surface area (Å²) in [5.41, 5.74) is 0.0571. The van der Waals surface area contributed by atoms with Crippen LogP contribution in [-0.4, -0.2) is 56.5 Å². The van der Waals surface area contributed by atoms with Gasteiger partial charge in [0.1, 0.15) is 11.5 Å². The van der Waals surface area contributed by atoms with E-state index in [0.717, 1.165) is 13.1 Å². The monoisotopic (exact) mass is 403 g/mol. The normalized spacial score (nSPS) is 15.7. The van der Waals surface area contributed by atoms with Crippen LogP contribution in [0.3, 0.4) is 0 Å². The smallest absolute Gasteiger partial charge is 0.306 e. The minimum Gasteiger partial charge on any atom is -0.502 e. The second-order valence-electron chi connectivity index (χ2n) is 6.75. The molecule has 1 aromatic heterocycles. The zero-order valence-corrected chi connectivity index (χ0v) is 16.6. The number of hydrogen-bond donors (Lipinski definition) is 1. The van der Waals surface area contributed by atoms with Crippen molar-refractivity contribution in [1.82, 2.24) is 4.90 Å². The Kier molecular flexibility index (Phi) is 6.90. The minimum atomic E-state index is -0.740. The first kappa shape index (κ1) is 20.9. The average molecular weight is 403 g/mol. The third-order valence-corrected chi connectivity index (χ3v) is 4.91. The van der Waals surface area contributed by atoms with E-state index < -0.39 is 23.1 Å². The molecule has 1 fully saturated rings. The molecular formula is C21H25NO7. The van der Waals surface area contributed by atoms with Crippen LogP contribution in [0.2, 0.25) is 0 Å². The summed E-state index contributed by atoms with van der Waals surface area (Å²) in [4.78, 5) is 26.6. The first-order valence-corrected chi connectivity index (χ1v) is 9.39. The number of nitrogens with zero attached hydrogens (tertiary/aromatic N) is 1. The molecule has 1 atom stereocenters. The fourth-order valence-corrected chi connectivity index (χ4v) is 3.40. The van der Waals surface area contributed by atoms with Crippen molar-refractivity contribution in [3.63, 3.8) is 0 Å². The summed E-state index contributed by atoms with van der Waals surface area (Å²) >= 11 is 0. The van der Waals surface area contributed by atoms with Crippen LogP contribution in [0.25, 0.3) is 0 Å². The third kappa shape index (κ3) is 4.96. The van der Waals surface area contributed by atoms with Gasteiger partial charge in [-0.2, -0.15) is 0 Å². The van der Waals surface area contributed by atoms with Crippen molar-refractivity contribution in [3.05, 3.63) is 57.6 Å². The zero-order chi connectivity index (χ0) is 20.8. The molecule has 3 rings (SSSR count). The Morgan fingerprint density at radius 1 is 1.24 bits per heavy atom. The van der Waals surface area contributed by atoms with Gasteiger partial charge in [-0.1, -0.05) is 18.2 Å². The van der Waals surface area contributed by atoms with E-state index in [1.54, 1.807) is 24.3 Å². The van der Waals surface area contributed by atoms with Gasteiger partial charge in [-0.3, -0.25) is 14.5 Å². The average Bonchev–Trinajstić information content (AvgIpc) is 2.75. The van der Waals surface area contributed by atoms with Gasteiger partial charge < -0.3 is 23.7 Å². The van der Waals surface area contributed by atoms with E-state index in [9.17, 15) is 14.7 Å². The predicted molar refractivity (Wildman–Crippen MR) is 104 cm³/mol. The van der Waals surface area contributed by atoms with Gasteiger partial charge in [0, 0.05) is 24.7 Å². The van der Waals surface area contributed by atoms with E-state index in [0.29, 0.717) is 36.8 Å². The van der Waals surface area contributed by atoms with Crippen molar-refractivity contribution < 1.29 is 28.5 Å². The number of aromatic hydroxyl groups is 1. The Bertz CT molecular complexity index is 902. The lowest BCUT2D eigenvalue weighted by Crippen LogP contribution is -2.35. The molecule has 2 aromatic rings. The molecule has 1 N–H and O–H groups in total. The van der Waals surface area contributed by atoms with Crippen LogP contribution in [0.4, 0.5) is 0 Å². The van der Waals surface area contributed by atoms with E-state index in [-0.39, 0.29) is 12.2 Å². The van der Waals surface area contributed by atoms with Crippen molar-refractivity contribution in [2.75, 3.05) is 40.5 Å². The Morgan fingerprint density at radius 3 is 2.66 bits per heavy atom. The molecule has 8 heteroatoms. The maximum atomic E-state index is 12.4. The van der Waals surface area contributed by atoms with Crippen molar-refractivity contribution >= 4 is 5.97 Å². The molecule has 0 saturated carbocycles. The van der Waals surface area contributed by atoms with Gasteiger partial charge in [0.2, 0.25) is 11.2 Å². The number of ether oxygens (including phenoxy) is 3. The van der Waals surface area contributed by atoms with Crippen molar-refractivity contribution in [2.45, 2.75) is 18.9 Å². The lowest BCUT2D eigenvalue weighted by molar-refractivity contribution is -0.140. The number of rotatable bonds is 7. The molecule has 1 aliphatic rings. The van der Waals surface area contributed by atoms with Crippen molar-refractivity contribution in [3.8, 4) is 11.5 Å². The van der Waals surface area contributed by atoms with Crippen molar-refractivity contribution in [2.24, 2.45) is 0 Å². The van der Waals surface area contributed by atoms with Gasteiger partial charge in [-0.25, -0.2) is 0 Å². The lowest BCUT2D eigenvalue weighted by Gasteiger charge is -2.26. The largest absolute Gasteiger partial charge is 0.502 e. The highest BCUT2D eigenvalue weighted by Gasteiger charge is 2.29. The molecule has 0 aliphatic carbocycles. The number of carbonyl (C=O) groups excluding carboxylic acids is 1. The maximum absolute atomic E-state index is 12.4. The predicted octanol–water partition coefficient (Wildman–Crippen LogP) is 1.88. The highest BCUT2D eigenvalue weighted by Crippen LogP contribution is 2.37. The molecule has 1 aromatic carbocycles. The lowest BCUT2D eigenvalue weighted by atomic mass is 9.91. The molecule has 0 bridgehead atoms. The van der Waals surface area contributed by atoms with Gasteiger partial charge in [0.15, 0.2) is 5.76 Å². The van der Waals surface area contributed by atoms with Gasteiger partial charge in [0.25, 0.3) is 0 Å². The highest BCUT2D eigenvalue weighted by molar-refractivity contribution is 5.71. The van der Waals surface area contributed by atoms with Gasteiger partial charge >= 0.3 is 5.97 Å². The van der Waals surface area contributed by atoms with Gasteiger partial charge in [-0.05, 0) is 6.07 Å². The van der Waals surface area contributed by atoms with E-state index in [1.807, 2.05) is 0 Å². The summed E-state index contributed by atoms with van der Waals surface area (Å²) in [7, 11) is 2.80. The summed E-state index contributed by atoms with van der Waals surface area (Å²) in [6.45, 7) is 3.07. The fourth-order valence-electron chi connectivity index (χ4n) is 3.40. The Labute approximate surface area is 168 Å². The van der Waals surface area contributed by atoms with Crippen LogP contribution in [0.15, 0.2) is 39.5 Å². The summed E-state index contributed by atoms with van der Waals surface area (Å²) in [5, 5.41) is 10.5. The van der Waals surface area contributed by atoms with Crippen LogP contribution >= 0.6 is 0 Å². The molecule has 2 heterocycles. The quantitative estimate of drug-likeness (QED) is 0.700. The molecule has 8 nitrogen and oxygen atoms in total. The Hall–Kier alpha value is -2.84. The zero-order valence-electron chi connectivity index (χ0n) is 16.6. The number of methoxy groups -OCH3 is 2. The van der Waals surface area contributed by atoms with E-state index >= 15 is 0 Å². The summed E-state index contributed by atoms with van der Waals surface area (Å²) < 4.78 is 21.5.